The van der Waals surface area contributed by atoms with Gasteiger partial charge < -0.3 is 10.5 Å². The molecule has 1 fully saturated rings. The highest BCUT2D eigenvalue weighted by Gasteiger charge is 2.39. The van der Waals surface area contributed by atoms with E-state index in [2.05, 4.69) is 32.9 Å². The van der Waals surface area contributed by atoms with Gasteiger partial charge in [-0.15, -0.1) is 0 Å². The molecule has 2 nitrogen and oxygen atoms in total. The van der Waals surface area contributed by atoms with Crippen molar-refractivity contribution in [2.45, 2.75) is 44.6 Å². The van der Waals surface area contributed by atoms with Crippen LogP contribution in [0.1, 0.15) is 39.2 Å². The van der Waals surface area contributed by atoms with Gasteiger partial charge in [-0.05, 0) is 36.0 Å². The Bertz CT molecular complexity index is 357. The van der Waals surface area contributed by atoms with Crippen molar-refractivity contribution in [3.63, 3.8) is 0 Å². The molecule has 0 bridgehead atoms. The molecule has 88 valence electrons. The maximum absolute atomic E-state index is 5.97. The van der Waals surface area contributed by atoms with Crippen LogP contribution in [-0.2, 0) is 5.41 Å². The number of ether oxygens (including phenoxy) is 1. The third-order valence-corrected chi connectivity index (χ3v) is 3.14. The number of nitrogens with two attached hydrogens (primary N) is 1. The highest BCUT2D eigenvalue weighted by atomic mass is 16.5. The van der Waals surface area contributed by atoms with Gasteiger partial charge >= 0.3 is 0 Å². The van der Waals surface area contributed by atoms with Gasteiger partial charge in [0.05, 0.1) is 5.54 Å². The van der Waals surface area contributed by atoms with E-state index in [9.17, 15) is 0 Å². The Kier molecular flexibility index (Phi) is 2.70. The Labute approximate surface area is 97.8 Å². The summed E-state index contributed by atoms with van der Waals surface area (Å²) in [6.07, 6.45) is 2.18. The lowest BCUT2D eigenvalue weighted by atomic mass is 9.87. The lowest BCUT2D eigenvalue weighted by molar-refractivity contribution is 0.279. The Morgan fingerprint density at radius 1 is 1.19 bits per heavy atom. The number of hydrogen-bond donors (Lipinski definition) is 1. The smallest absolute Gasteiger partial charge is 0.119 e. The molecule has 0 heterocycles. The normalized spacial score (nSPS) is 18.2. The highest BCUT2D eigenvalue weighted by molar-refractivity contribution is 5.31. The van der Waals surface area contributed by atoms with Crippen molar-refractivity contribution in [1.82, 2.24) is 0 Å². The summed E-state index contributed by atoms with van der Waals surface area (Å²) in [5.74, 6) is 0.921. The van der Waals surface area contributed by atoms with Gasteiger partial charge in [-0.25, -0.2) is 0 Å². The first kappa shape index (κ1) is 11.5. The van der Waals surface area contributed by atoms with Gasteiger partial charge in [-0.1, -0.05) is 32.9 Å². The first-order valence-corrected chi connectivity index (χ1v) is 5.91. The van der Waals surface area contributed by atoms with E-state index in [1.54, 1.807) is 0 Å². The number of hydrogen-bond acceptors (Lipinski definition) is 2. The summed E-state index contributed by atoms with van der Waals surface area (Å²) < 4.78 is 5.68. The minimum absolute atomic E-state index is 0.0390. The summed E-state index contributed by atoms with van der Waals surface area (Å²) >= 11 is 0. The van der Waals surface area contributed by atoms with E-state index in [0.29, 0.717) is 6.61 Å². The molecule has 2 N–H and O–H groups in total. The quantitative estimate of drug-likeness (QED) is 0.848. The first-order chi connectivity index (χ1) is 7.39. The minimum Gasteiger partial charge on any atom is -0.492 e. The van der Waals surface area contributed by atoms with E-state index in [1.165, 1.54) is 5.56 Å². The van der Waals surface area contributed by atoms with Gasteiger partial charge in [0.1, 0.15) is 12.4 Å². The largest absolute Gasteiger partial charge is 0.492 e. The van der Waals surface area contributed by atoms with Gasteiger partial charge in [0.25, 0.3) is 0 Å². The zero-order chi connectivity index (χ0) is 11.8. The molecule has 0 radical (unpaired) electrons. The highest BCUT2D eigenvalue weighted by Crippen LogP contribution is 2.33. The van der Waals surface area contributed by atoms with Gasteiger partial charge in [0, 0.05) is 0 Å². The Morgan fingerprint density at radius 2 is 1.75 bits per heavy atom. The fraction of sp³-hybridized carbons (Fsp3) is 0.571. The molecule has 1 saturated carbocycles. The molecular weight excluding hydrogens is 198 g/mol. The van der Waals surface area contributed by atoms with Crippen LogP contribution in [0.3, 0.4) is 0 Å². The van der Waals surface area contributed by atoms with Crippen molar-refractivity contribution in [2.75, 3.05) is 6.61 Å². The molecule has 1 aromatic carbocycles. The lowest BCUT2D eigenvalue weighted by Crippen LogP contribution is -2.29. The van der Waals surface area contributed by atoms with Crippen molar-refractivity contribution in [3.05, 3.63) is 29.8 Å². The van der Waals surface area contributed by atoms with Crippen LogP contribution in [0, 0.1) is 0 Å². The van der Waals surface area contributed by atoms with Crippen LogP contribution in [-0.4, -0.2) is 12.1 Å². The van der Waals surface area contributed by atoms with E-state index in [4.69, 9.17) is 10.5 Å². The van der Waals surface area contributed by atoms with Crippen molar-refractivity contribution in [2.24, 2.45) is 5.73 Å². The Balaban J connectivity index is 1.96. The second kappa shape index (κ2) is 3.77. The molecule has 0 unspecified atom stereocenters. The summed E-state index contributed by atoms with van der Waals surface area (Å²) in [6.45, 7) is 7.27. The SMILES string of the molecule is CC(C)(C)c1ccc(OCC2(N)CC2)cc1. The predicted octanol–water partition coefficient (Wildman–Crippen LogP) is 2.85. The van der Waals surface area contributed by atoms with E-state index < -0.39 is 0 Å². The average Bonchev–Trinajstić information content (AvgIpc) is 2.94. The maximum Gasteiger partial charge on any atom is 0.119 e. The zero-order valence-corrected chi connectivity index (χ0v) is 10.4. The van der Waals surface area contributed by atoms with Crippen LogP contribution in [0.25, 0.3) is 0 Å². The summed E-state index contributed by atoms with van der Waals surface area (Å²) in [7, 11) is 0. The average molecular weight is 219 g/mol. The van der Waals surface area contributed by atoms with Crippen molar-refractivity contribution < 1.29 is 4.74 Å². The van der Waals surface area contributed by atoms with Crippen LogP contribution in [0.5, 0.6) is 5.75 Å². The van der Waals surface area contributed by atoms with E-state index >= 15 is 0 Å². The Morgan fingerprint density at radius 3 is 2.19 bits per heavy atom. The van der Waals surface area contributed by atoms with Gasteiger partial charge in [-0.3, -0.25) is 0 Å². The van der Waals surface area contributed by atoms with Crippen LogP contribution >= 0.6 is 0 Å². The fourth-order valence-corrected chi connectivity index (χ4v) is 1.58. The van der Waals surface area contributed by atoms with Crippen LogP contribution < -0.4 is 10.5 Å². The van der Waals surface area contributed by atoms with E-state index in [-0.39, 0.29) is 11.0 Å². The molecular formula is C14H21NO. The summed E-state index contributed by atoms with van der Waals surface area (Å²) in [6, 6.07) is 8.33. The Hall–Kier alpha value is -1.02. The predicted molar refractivity (Wildman–Crippen MR) is 66.8 cm³/mol. The van der Waals surface area contributed by atoms with Crippen molar-refractivity contribution >= 4 is 0 Å². The molecule has 0 aliphatic heterocycles. The first-order valence-electron chi connectivity index (χ1n) is 5.91. The second-order valence-electron chi connectivity index (χ2n) is 5.93. The molecule has 1 aliphatic rings. The standard InChI is InChI=1S/C14H21NO/c1-13(2,3)11-4-6-12(7-5-11)16-10-14(15)8-9-14/h4-7H,8-10,15H2,1-3H3. The van der Waals surface area contributed by atoms with Crippen molar-refractivity contribution in [1.29, 1.82) is 0 Å². The molecule has 0 aromatic heterocycles. The summed E-state index contributed by atoms with van der Waals surface area (Å²) in [5.41, 5.74) is 7.46. The topological polar surface area (TPSA) is 35.2 Å². The van der Waals surface area contributed by atoms with Crippen LogP contribution in [0.2, 0.25) is 0 Å². The second-order valence-corrected chi connectivity index (χ2v) is 5.93. The molecule has 0 spiro atoms. The molecule has 1 aromatic rings. The van der Waals surface area contributed by atoms with Gasteiger partial charge in [0.15, 0.2) is 0 Å². The third kappa shape index (κ3) is 2.76. The summed E-state index contributed by atoms with van der Waals surface area (Å²) in [5, 5.41) is 0. The molecule has 16 heavy (non-hydrogen) atoms. The fourth-order valence-electron chi connectivity index (χ4n) is 1.58. The molecule has 0 atom stereocenters. The minimum atomic E-state index is -0.0390. The van der Waals surface area contributed by atoms with Gasteiger partial charge in [-0.2, -0.15) is 0 Å². The number of rotatable bonds is 3. The van der Waals surface area contributed by atoms with E-state index in [0.717, 1.165) is 18.6 Å². The molecule has 2 heteroatoms. The number of benzene rings is 1. The maximum atomic E-state index is 5.97. The van der Waals surface area contributed by atoms with Crippen molar-refractivity contribution in [3.8, 4) is 5.75 Å². The molecule has 1 aliphatic carbocycles. The summed E-state index contributed by atoms with van der Waals surface area (Å²) in [4.78, 5) is 0. The van der Waals surface area contributed by atoms with E-state index in [1.807, 2.05) is 12.1 Å². The third-order valence-electron chi connectivity index (χ3n) is 3.14. The lowest BCUT2D eigenvalue weighted by Gasteiger charge is -2.19. The van der Waals surface area contributed by atoms with Crippen LogP contribution in [0.15, 0.2) is 24.3 Å². The monoisotopic (exact) mass is 219 g/mol. The van der Waals surface area contributed by atoms with Gasteiger partial charge in [0.2, 0.25) is 0 Å². The zero-order valence-electron chi connectivity index (χ0n) is 10.4. The van der Waals surface area contributed by atoms with Crippen LogP contribution in [0.4, 0.5) is 0 Å². The molecule has 0 amide bonds. The molecule has 0 saturated heterocycles. The molecule has 2 rings (SSSR count).